The predicted octanol–water partition coefficient (Wildman–Crippen LogP) is 6.15. The first-order valence-electron chi connectivity index (χ1n) is 9.51. The van der Waals surface area contributed by atoms with Crippen molar-refractivity contribution >= 4 is 16.9 Å². The van der Waals surface area contributed by atoms with Crippen LogP contribution in [-0.4, -0.2) is 21.8 Å². The number of carboxylic acid groups (broad SMARTS) is 1. The zero-order chi connectivity index (χ0) is 22.0. The molecule has 0 aliphatic carbocycles. The Kier molecular flexibility index (Phi) is 5.42. The lowest BCUT2D eigenvalue weighted by molar-refractivity contribution is -0.139. The first-order valence-corrected chi connectivity index (χ1v) is 9.51. The van der Waals surface area contributed by atoms with Crippen LogP contribution in [0.5, 0.6) is 5.75 Å². The van der Waals surface area contributed by atoms with Gasteiger partial charge in [0.1, 0.15) is 18.9 Å². The molecule has 1 aromatic heterocycles. The van der Waals surface area contributed by atoms with Gasteiger partial charge < -0.3 is 14.4 Å². The highest BCUT2D eigenvalue weighted by Gasteiger charge is 2.29. The maximum atomic E-state index is 13.0. The molecule has 0 bridgehead atoms. The Morgan fingerprint density at radius 2 is 1.68 bits per heavy atom. The van der Waals surface area contributed by atoms with Gasteiger partial charge in [0, 0.05) is 22.7 Å². The lowest BCUT2D eigenvalue weighted by atomic mass is 10.0. The van der Waals surface area contributed by atoms with Gasteiger partial charge in [-0.2, -0.15) is 13.2 Å². The van der Waals surface area contributed by atoms with Crippen LogP contribution in [0.15, 0.2) is 79.0 Å². The summed E-state index contributed by atoms with van der Waals surface area (Å²) in [7, 11) is 0. The maximum Gasteiger partial charge on any atom is 0.406 e. The summed E-state index contributed by atoms with van der Waals surface area (Å²) < 4.78 is 46.0. The Bertz CT molecular complexity index is 1230. The van der Waals surface area contributed by atoms with Crippen molar-refractivity contribution < 1.29 is 27.8 Å². The summed E-state index contributed by atoms with van der Waals surface area (Å²) in [5, 5.41) is 9.64. The number of benzene rings is 3. The van der Waals surface area contributed by atoms with Crippen molar-refractivity contribution in [3.05, 3.63) is 90.1 Å². The van der Waals surface area contributed by atoms with E-state index in [-0.39, 0.29) is 16.5 Å². The summed E-state index contributed by atoms with van der Waals surface area (Å²) in [5.41, 5.74) is 2.36. The van der Waals surface area contributed by atoms with Gasteiger partial charge in [0.2, 0.25) is 0 Å². The van der Waals surface area contributed by atoms with Crippen LogP contribution in [0, 0.1) is 0 Å². The van der Waals surface area contributed by atoms with Crippen LogP contribution in [0.2, 0.25) is 0 Å². The molecule has 0 aliphatic rings. The molecule has 4 aromatic rings. The van der Waals surface area contributed by atoms with E-state index < -0.39 is 18.7 Å². The fraction of sp³-hybridized carbons (Fsp3) is 0.125. The van der Waals surface area contributed by atoms with E-state index in [0.29, 0.717) is 23.5 Å². The number of aromatic nitrogens is 1. The van der Waals surface area contributed by atoms with Crippen LogP contribution in [0.25, 0.3) is 22.0 Å². The van der Waals surface area contributed by atoms with Crippen molar-refractivity contribution in [2.45, 2.75) is 19.3 Å². The number of halogens is 3. The molecule has 3 aromatic carbocycles. The van der Waals surface area contributed by atoms with Crippen molar-refractivity contribution in [2.75, 3.05) is 0 Å². The number of aromatic carboxylic acids is 1. The Morgan fingerprint density at radius 3 is 2.39 bits per heavy atom. The van der Waals surface area contributed by atoms with Crippen molar-refractivity contribution in [2.24, 2.45) is 0 Å². The van der Waals surface area contributed by atoms with Gasteiger partial charge in [-0.3, -0.25) is 0 Å². The molecule has 31 heavy (non-hydrogen) atoms. The molecular weight excluding hydrogens is 407 g/mol. The molecule has 0 amide bonds. The highest BCUT2D eigenvalue weighted by atomic mass is 19.4. The second kappa shape index (κ2) is 8.18. The average Bonchev–Trinajstić information content (AvgIpc) is 3.09. The monoisotopic (exact) mass is 425 g/mol. The quantitative estimate of drug-likeness (QED) is 0.403. The molecule has 0 unspecified atom stereocenters. The van der Waals surface area contributed by atoms with Crippen molar-refractivity contribution in [3.63, 3.8) is 0 Å². The lowest BCUT2D eigenvalue weighted by Crippen LogP contribution is -2.16. The molecular formula is C24H18F3NO3. The van der Waals surface area contributed by atoms with Gasteiger partial charge in [0.05, 0.1) is 5.56 Å². The van der Waals surface area contributed by atoms with E-state index in [0.717, 1.165) is 16.3 Å². The van der Waals surface area contributed by atoms with Crippen molar-refractivity contribution in [1.29, 1.82) is 0 Å². The number of nitrogens with zero attached hydrogens (tertiary/aromatic N) is 1. The molecule has 0 fully saturated rings. The summed E-state index contributed by atoms with van der Waals surface area (Å²) in [6.07, 6.45) is -3.45. The fourth-order valence-corrected chi connectivity index (χ4v) is 3.52. The van der Waals surface area contributed by atoms with Gasteiger partial charge in [-0.1, -0.05) is 60.7 Å². The average molecular weight is 425 g/mol. The molecule has 1 N–H and O–H groups in total. The minimum absolute atomic E-state index is 0.167. The van der Waals surface area contributed by atoms with E-state index in [1.807, 2.05) is 48.5 Å². The van der Waals surface area contributed by atoms with Crippen LogP contribution in [0.4, 0.5) is 13.2 Å². The number of ether oxygens (including phenoxy) is 1. The highest BCUT2D eigenvalue weighted by Crippen LogP contribution is 2.34. The molecule has 0 aliphatic heterocycles. The van der Waals surface area contributed by atoms with Crippen LogP contribution in [0.3, 0.4) is 0 Å². The zero-order valence-corrected chi connectivity index (χ0v) is 16.3. The van der Waals surface area contributed by atoms with Crippen LogP contribution in [-0.2, 0) is 13.2 Å². The minimum atomic E-state index is -4.48. The molecule has 4 nitrogen and oxygen atoms in total. The number of carbonyl (C=O) groups is 1. The molecule has 0 radical (unpaired) electrons. The summed E-state index contributed by atoms with van der Waals surface area (Å²) in [5.74, 6) is -0.691. The second-order valence-corrected chi connectivity index (χ2v) is 7.09. The predicted molar refractivity (Wildman–Crippen MR) is 111 cm³/mol. The number of hydrogen-bond acceptors (Lipinski definition) is 2. The fourth-order valence-electron chi connectivity index (χ4n) is 3.52. The molecule has 158 valence electrons. The van der Waals surface area contributed by atoms with Crippen molar-refractivity contribution in [1.82, 2.24) is 4.57 Å². The van der Waals surface area contributed by atoms with Gasteiger partial charge in [0.25, 0.3) is 0 Å². The van der Waals surface area contributed by atoms with Gasteiger partial charge >= 0.3 is 12.1 Å². The first kappa shape index (κ1) is 20.5. The Hall–Kier alpha value is -3.74. The molecule has 7 heteroatoms. The number of para-hydroxylation sites is 1. The lowest BCUT2D eigenvalue weighted by Gasteiger charge is -2.13. The molecule has 0 saturated heterocycles. The van der Waals surface area contributed by atoms with E-state index >= 15 is 0 Å². The molecule has 0 spiro atoms. The number of rotatable bonds is 6. The standard InChI is InChI=1S/C24H18F3NO3/c25-24(26,27)15-28-13-20(23(29)30)19-11-10-17(12-21(19)28)18-8-4-5-9-22(18)31-14-16-6-2-1-3-7-16/h1-13H,14-15H2,(H,29,30). The first-order chi connectivity index (χ1) is 14.8. The van der Waals surface area contributed by atoms with Gasteiger partial charge in [-0.05, 0) is 23.3 Å². The van der Waals surface area contributed by atoms with Crippen LogP contribution < -0.4 is 4.74 Å². The normalized spacial score (nSPS) is 11.6. The van der Waals surface area contributed by atoms with Gasteiger partial charge in [-0.15, -0.1) is 0 Å². The Balaban J connectivity index is 1.75. The van der Waals surface area contributed by atoms with E-state index in [2.05, 4.69) is 0 Å². The largest absolute Gasteiger partial charge is 0.488 e. The third kappa shape index (κ3) is 4.55. The Labute approximate surface area is 176 Å². The zero-order valence-electron chi connectivity index (χ0n) is 16.3. The van der Waals surface area contributed by atoms with E-state index in [1.54, 1.807) is 18.2 Å². The molecule has 0 saturated carbocycles. The third-order valence-electron chi connectivity index (χ3n) is 4.90. The van der Waals surface area contributed by atoms with Crippen LogP contribution in [0.1, 0.15) is 15.9 Å². The number of alkyl halides is 3. The summed E-state index contributed by atoms with van der Waals surface area (Å²) in [4.78, 5) is 11.5. The SMILES string of the molecule is O=C(O)c1cn(CC(F)(F)F)c2cc(-c3ccccc3OCc3ccccc3)ccc12. The molecule has 0 atom stereocenters. The topological polar surface area (TPSA) is 51.5 Å². The highest BCUT2D eigenvalue weighted by molar-refractivity contribution is 6.04. The third-order valence-corrected chi connectivity index (χ3v) is 4.90. The molecule has 1 heterocycles. The van der Waals surface area contributed by atoms with Gasteiger partial charge in [0.15, 0.2) is 0 Å². The molecule has 4 rings (SSSR count). The minimum Gasteiger partial charge on any atom is -0.488 e. The van der Waals surface area contributed by atoms with Gasteiger partial charge in [-0.25, -0.2) is 4.79 Å². The van der Waals surface area contributed by atoms with E-state index in [1.165, 1.54) is 6.07 Å². The van der Waals surface area contributed by atoms with Crippen molar-refractivity contribution in [3.8, 4) is 16.9 Å². The van der Waals surface area contributed by atoms with E-state index in [9.17, 15) is 23.1 Å². The summed E-state index contributed by atoms with van der Waals surface area (Å²) in [6, 6.07) is 21.6. The summed E-state index contributed by atoms with van der Waals surface area (Å²) in [6.45, 7) is -0.930. The Morgan fingerprint density at radius 1 is 0.968 bits per heavy atom. The maximum absolute atomic E-state index is 13.0. The van der Waals surface area contributed by atoms with E-state index in [4.69, 9.17) is 4.74 Å². The summed E-state index contributed by atoms with van der Waals surface area (Å²) >= 11 is 0. The number of fused-ring (bicyclic) bond motifs is 1. The smallest absolute Gasteiger partial charge is 0.406 e. The second-order valence-electron chi connectivity index (χ2n) is 7.09. The van der Waals surface area contributed by atoms with Crippen LogP contribution >= 0.6 is 0 Å². The number of carboxylic acids is 1. The number of hydrogen-bond donors (Lipinski definition) is 1.